The third-order valence-corrected chi connectivity index (χ3v) is 3.79. The predicted molar refractivity (Wildman–Crippen MR) is 85.5 cm³/mol. The Morgan fingerprint density at radius 3 is 2.67 bits per heavy atom. The average Bonchev–Trinajstić information content (AvgIpc) is 3.02. The van der Waals surface area contributed by atoms with Gasteiger partial charge in [-0.2, -0.15) is 0 Å². The maximum Gasteiger partial charge on any atom is 0.321 e. The lowest BCUT2D eigenvalue weighted by atomic mass is 10.2. The summed E-state index contributed by atoms with van der Waals surface area (Å²) in [5, 5.41) is 14.7. The van der Waals surface area contributed by atoms with E-state index in [-0.39, 0.29) is 12.6 Å². The average molecular weight is 305 g/mol. The summed E-state index contributed by atoms with van der Waals surface area (Å²) in [6, 6.07) is 7.40. The third kappa shape index (κ3) is 4.27. The third-order valence-electron chi connectivity index (χ3n) is 2.97. The van der Waals surface area contributed by atoms with E-state index in [0.717, 1.165) is 22.7 Å². The van der Waals surface area contributed by atoms with Crippen molar-refractivity contribution in [2.24, 2.45) is 0 Å². The largest absolute Gasteiger partial charge is 0.395 e. The number of carbonyl (C=O) groups excluding carboxylic acids is 1. The zero-order valence-electron chi connectivity index (χ0n) is 12.0. The monoisotopic (exact) mass is 305 g/mol. The van der Waals surface area contributed by atoms with Gasteiger partial charge in [-0.1, -0.05) is 6.92 Å². The maximum absolute atomic E-state index is 12.1. The second-order valence-corrected chi connectivity index (χ2v) is 5.45. The van der Waals surface area contributed by atoms with E-state index in [1.165, 1.54) is 0 Å². The van der Waals surface area contributed by atoms with E-state index >= 15 is 0 Å². The fraction of sp³-hybridized carbons (Fsp3) is 0.333. The van der Waals surface area contributed by atoms with Gasteiger partial charge in [0.05, 0.1) is 6.61 Å². The van der Waals surface area contributed by atoms with Gasteiger partial charge in [0.2, 0.25) is 0 Å². The standard InChI is InChI=1S/C15H19N3O2S/c1-2-8-18(9-10-19)15(20)17-13-5-3-12(4-6-13)14-16-7-11-21-14/h3-7,11,19H,2,8-10H2,1H3,(H,17,20). The van der Waals surface area contributed by atoms with Gasteiger partial charge in [-0.3, -0.25) is 0 Å². The van der Waals surface area contributed by atoms with Gasteiger partial charge in [0.25, 0.3) is 0 Å². The molecule has 21 heavy (non-hydrogen) atoms. The minimum atomic E-state index is -0.187. The Morgan fingerprint density at radius 1 is 1.33 bits per heavy atom. The van der Waals surface area contributed by atoms with Crippen LogP contribution in [0.15, 0.2) is 35.8 Å². The molecule has 0 aliphatic carbocycles. The molecule has 5 nitrogen and oxygen atoms in total. The molecule has 0 radical (unpaired) electrons. The van der Waals surface area contributed by atoms with Gasteiger partial charge in [-0.15, -0.1) is 11.3 Å². The molecule has 2 N–H and O–H groups in total. The van der Waals surface area contributed by atoms with Gasteiger partial charge in [0.1, 0.15) is 5.01 Å². The summed E-state index contributed by atoms with van der Waals surface area (Å²) in [4.78, 5) is 18.0. The summed E-state index contributed by atoms with van der Waals surface area (Å²) < 4.78 is 0. The first-order valence-electron chi connectivity index (χ1n) is 6.91. The fourth-order valence-corrected chi connectivity index (χ4v) is 2.61. The Kier molecular flexibility index (Phi) is 5.71. The summed E-state index contributed by atoms with van der Waals surface area (Å²) in [5.74, 6) is 0. The van der Waals surface area contributed by atoms with Crippen molar-refractivity contribution in [2.75, 3.05) is 25.0 Å². The number of amides is 2. The number of thiazole rings is 1. The van der Waals surface area contributed by atoms with Gasteiger partial charge in [-0.05, 0) is 30.7 Å². The number of rotatable bonds is 6. The molecule has 0 saturated heterocycles. The number of carbonyl (C=O) groups is 1. The molecule has 2 aromatic rings. The molecule has 0 fully saturated rings. The highest BCUT2D eigenvalue weighted by molar-refractivity contribution is 7.13. The second kappa shape index (κ2) is 7.75. The molecule has 6 heteroatoms. The number of aliphatic hydroxyl groups excluding tert-OH is 1. The van der Waals surface area contributed by atoms with Gasteiger partial charge < -0.3 is 15.3 Å². The number of aromatic nitrogens is 1. The van der Waals surface area contributed by atoms with Gasteiger partial charge in [-0.25, -0.2) is 9.78 Å². The minimum absolute atomic E-state index is 0.0313. The lowest BCUT2D eigenvalue weighted by molar-refractivity contribution is 0.188. The van der Waals surface area contributed by atoms with Crippen molar-refractivity contribution in [2.45, 2.75) is 13.3 Å². The summed E-state index contributed by atoms with van der Waals surface area (Å²) in [6.45, 7) is 2.94. The van der Waals surface area contributed by atoms with Crippen LogP contribution in [0.3, 0.4) is 0 Å². The van der Waals surface area contributed by atoms with Crippen molar-refractivity contribution in [1.82, 2.24) is 9.88 Å². The summed E-state index contributed by atoms with van der Waals surface area (Å²) >= 11 is 1.58. The lowest BCUT2D eigenvalue weighted by Crippen LogP contribution is -2.37. The Morgan fingerprint density at radius 2 is 2.10 bits per heavy atom. The molecule has 0 aliphatic rings. The van der Waals surface area contributed by atoms with Crippen molar-refractivity contribution in [3.8, 4) is 10.6 Å². The van der Waals surface area contributed by atoms with E-state index in [1.54, 1.807) is 22.4 Å². The van der Waals surface area contributed by atoms with E-state index in [9.17, 15) is 4.79 Å². The van der Waals surface area contributed by atoms with E-state index in [0.29, 0.717) is 13.1 Å². The van der Waals surface area contributed by atoms with Crippen molar-refractivity contribution in [1.29, 1.82) is 0 Å². The predicted octanol–water partition coefficient (Wildman–Crippen LogP) is 3.05. The lowest BCUT2D eigenvalue weighted by Gasteiger charge is -2.21. The van der Waals surface area contributed by atoms with Crippen LogP contribution in [0.4, 0.5) is 10.5 Å². The van der Waals surface area contributed by atoms with Crippen LogP contribution in [-0.4, -0.2) is 40.7 Å². The first kappa shape index (κ1) is 15.5. The van der Waals surface area contributed by atoms with E-state index in [1.807, 2.05) is 36.6 Å². The molecule has 0 aliphatic heterocycles. The first-order valence-corrected chi connectivity index (χ1v) is 7.79. The topological polar surface area (TPSA) is 65.5 Å². The number of benzene rings is 1. The van der Waals surface area contributed by atoms with Gasteiger partial charge in [0.15, 0.2) is 0 Å². The second-order valence-electron chi connectivity index (χ2n) is 4.56. The number of hydrogen-bond acceptors (Lipinski definition) is 4. The molecule has 0 unspecified atom stereocenters. The Balaban J connectivity index is 2.00. The van der Waals surface area contributed by atoms with Crippen LogP contribution < -0.4 is 5.32 Å². The van der Waals surface area contributed by atoms with Crippen LogP contribution in [0, 0.1) is 0 Å². The van der Waals surface area contributed by atoms with Crippen LogP contribution in [0.1, 0.15) is 13.3 Å². The Bertz CT molecular complexity index is 549. The summed E-state index contributed by atoms with van der Waals surface area (Å²) in [7, 11) is 0. The quantitative estimate of drug-likeness (QED) is 0.862. The fourth-order valence-electron chi connectivity index (χ4n) is 1.97. The number of urea groups is 1. The highest BCUT2D eigenvalue weighted by atomic mass is 32.1. The molecule has 112 valence electrons. The number of aliphatic hydroxyl groups is 1. The number of hydrogen-bond donors (Lipinski definition) is 2. The van der Waals surface area contributed by atoms with E-state index < -0.39 is 0 Å². The SMILES string of the molecule is CCCN(CCO)C(=O)Nc1ccc(-c2nccs2)cc1. The van der Waals surface area contributed by atoms with E-state index in [4.69, 9.17) is 5.11 Å². The zero-order chi connectivity index (χ0) is 15.1. The van der Waals surface area contributed by atoms with Crippen LogP contribution >= 0.6 is 11.3 Å². The van der Waals surface area contributed by atoms with Crippen LogP contribution in [0.25, 0.3) is 10.6 Å². The molecule has 0 spiro atoms. The summed E-state index contributed by atoms with van der Waals surface area (Å²) in [5.41, 5.74) is 1.77. The normalized spacial score (nSPS) is 10.4. The van der Waals surface area contributed by atoms with Crippen molar-refractivity contribution < 1.29 is 9.90 Å². The molecule has 0 atom stereocenters. The summed E-state index contributed by atoms with van der Waals surface area (Å²) in [6.07, 6.45) is 2.63. The van der Waals surface area contributed by atoms with Crippen LogP contribution in [-0.2, 0) is 0 Å². The molecule has 2 rings (SSSR count). The van der Waals surface area contributed by atoms with Gasteiger partial charge in [0, 0.05) is 35.9 Å². The Hall–Kier alpha value is -1.92. The van der Waals surface area contributed by atoms with Crippen molar-refractivity contribution in [3.05, 3.63) is 35.8 Å². The highest BCUT2D eigenvalue weighted by Crippen LogP contribution is 2.23. The molecule has 1 aromatic carbocycles. The van der Waals surface area contributed by atoms with Crippen LogP contribution in [0.2, 0.25) is 0 Å². The molecule has 0 bridgehead atoms. The number of nitrogens with one attached hydrogen (secondary N) is 1. The molecular formula is C15H19N3O2S. The molecule has 0 saturated carbocycles. The maximum atomic E-state index is 12.1. The minimum Gasteiger partial charge on any atom is -0.395 e. The van der Waals surface area contributed by atoms with E-state index in [2.05, 4.69) is 10.3 Å². The first-order chi connectivity index (χ1) is 10.2. The Labute approximate surface area is 128 Å². The van der Waals surface area contributed by atoms with Gasteiger partial charge >= 0.3 is 6.03 Å². The smallest absolute Gasteiger partial charge is 0.321 e. The van der Waals surface area contributed by atoms with Crippen LogP contribution in [0.5, 0.6) is 0 Å². The highest BCUT2D eigenvalue weighted by Gasteiger charge is 2.12. The zero-order valence-corrected chi connectivity index (χ0v) is 12.8. The molecule has 1 heterocycles. The van der Waals surface area contributed by atoms with Crippen molar-refractivity contribution in [3.63, 3.8) is 0 Å². The number of nitrogens with zero attached hydrogens (tertiary/aromatic N) is 2. The molecule has 2 amide bonds. The number of anilines is 1. The molecular weight excluding hydrogens is 286 g/mol. The van der Waals surface area contributed by atoms with Crippen molar-refractivity contribution >= 4 is 23.1 Å². The molecule has 1 aromatic heterocycles.